The molecule has 0 aliphatic rings. The van der Waals surface area contributed by atoms with Gasteiger partial charge in [-0.05, 0) is 23.3 Å². The number of carbonyl (C=O) groups is 1. The molecule has 0 aliphatic heterocycles. The number of carboxylic acid groups (broad SMARTS) is 1. The standard InChI is InChI=1S/C16H15NO3/c18-14-8-6-12(7-9-14)10-15(16(19)20)17-11-13-4-2-1-3-5-13/h1-9,11,15,18H,10H2,(H,19,20)/t15-/m0/s1. The van der Waals surface area contributed by atoms with Gasteiger partial charge in [-0.2, -0.15) is 0 Å². The third-order valence-corrected chi connectivity index (χ3v) is 2.85. The Morgan fingerprint density at radius 2 is 1.75 bits per heavy atom. The van der Waals surface area contributed by atoms with Crippen LogP contribution < -0.4 is 0 Å². The van der Waals surface area contributed by atoms with E-state index in [1.807, 2.05) is 30.3 Å². The molecule has 0 radical (unpaired) electrons. The molecule has 0 heterocycles. The van der Waals surface area contributed by atoms with E-state index in [0.29, 0.717) is 6.42 Å². The van der Waals surface area contributed by atoms with Crippen LogP contribution in [0.1, 0.15) is 11.1 Å². The minimum atomic E-state index is -0.967. The van der Waals surface area contributed by atoms with E-state index in [1.54, 1.807) is 18.3 Å². The number of benzene rings is 2. The van der Waals surface area contributed by atoms with Crippen molar-refractivity contribution in [3.63, 3.8) is 0 Å². The number of rotatable bonds is 5. The summed E-state index contributed by atoms with van der Waals surface area (Å²) in [6, 6.07) is 15.0. The Balaban J connectivity index is 2.10. The molecular formula is C16H15NO3. The molecule has 102 valence electrons. The van der Waals surface area contributed by atoms with Gasteiger partial charge in [0.25, 0.3) is 0 Å². The van der Waals surface area contributed by atoms with Gasteiger partial charge in [-0.25, -0.2) is 4.79 Å². The van der Waals surface area contributed by atoms with E-state index in [2.05, 4.69) is 4.99 Å². The van der Waals surface area contributed by atoms with Gasteiger partial charge in [-0.15, -0.1) is 0 Å². The van der Waals surface area contributed by atoms with E-state index in [-0.39, 0.29) is 5.75 Å². The maximum absolute atomic E-state index is 11.2. The summed E-state index contributed by atoms with van der Waals surface area (Å²) in [6.45, 7) is 0. The molecule has 4 heteroatoms. The number of aromatic hydroxyl groups is 1. The zero-order valence-corrected chi connectivity index (χ0v) is 10.8. The molecule has 2 N–H and O–H groups in total. The number of hydrogen-bond acceptors (Lipinski definition) is 3. The fraction of sp³-hybridized carbons (Fsp3) is 0.125. The lowest BCUT2D eigenvalue weighted by atomic mass is 10.1. The lowest BCUT2D eigenvalue weighted by Crippen LogP contribution is -2.20. The Morgan fingerprint density at radius 1 is 1.10 bits per heavy atom. The molecule has 0 saturated carbocycles. The number of hydrogen-bond donors (Lipinski definition) is 2. The molecule has 0 fully saturated rings. The van der Waals surface area contributed by atoms with Crippen molar-refractivity contribution in [2.75, 3.05) is 0 Å². The Kier molecular flexibility index (Phi) is 4.50. The number of carboxylic acids is 1. The average molecular weight is 269 g/mol. The highest BCUT2D eigenvalue weighted by Crippen LogP contribution is 2.12. The summed E-state index contributed by atoms with van der Waals surface area (Å²) in [7, 11) is 0. The summed E-state index contributed by atoms with van der Waals surface area (Å²) >= 11 is 0. The zero-order chi connectivity index (χ0) is 14.4. The van der Waals surface area contributed by atoms with Crippen LogP contribution in [0.4, 0.5) is 0 Å². The van der Waals surface area contributed by atoms with Crippen LogP contribution in [0.25, 0.3) is 0 Å². The van der Waals surface area contributed by atoms with Crippen LogP contribution in [-0.4, -0.2) is 28.4 Å². The molecule has 4 nitrogen and oxygen atoms in total. The highest BCUT2D eigenvalue weighted by molar-refractivity contribution is 5.83. The highest BCUT2D eigenvalue weighted by atomic mass is 16.4. The molecule has 0 saturated heterocycles. The van der Waals surface area contributed by atoms with Gasteiger partial charge in [-0.1, -0.05) is 42.5 Å². The SMILES string of the molecule is O=C(O)[C@H](Cc1ccc(O)cc1)N=Cc1ccccc1. The lowest BCUT2D eigenvalue weighted by molar-refractivity contribution is -0.138. The first-order valence-electron chi connectivity index (χ1n) is 6.24. The quantitative estimate of drug-likeness (QED) is 0.819. The van der Waals surface area contributed by atoms with Gasteiger partial charge in [-0.3, -0.25) is 4.99 Å². The predicted octanol–water partition coefficient (Wildman–Crippen LogP) is 2.51. The molecule has 2 aromatic rings. The van der Waals surface area contributed by atoms with Crippen molar-refractivity contribution in [3.8, 4) is 5.75 Å². The molecule has 0 spiro atoms. The van der Waals surface area contributed by atoms with Gasteiger partial charge in [0.1, 0.15) is 5.75 Å². The summed E-state index contributed by atoms with van der Waals surface area (Å²) in [4.78, 5) is 15.4. The first-order chi connectivity index (χ1) is 9.65. The van der Waals surface area contributed by atoms with Crippen LogP contribution in [0, 0.1) is 0 Å². The molecule has 1 atom stereocenters. The summed E-state index contributed by atoms with van der Waals surface area (Å²) < 4.78 is 0. The number of phenolic OH excluding ortho intramolecular Hbond substituents is 1. The summed E-state index contributed by atoms with van der Waals surface area (Å²) in [5.74, 6) is -0.807. The van der Waals surface area contributed by atoms with Crippen LogP contribution >= 0.6 is 0 Å². The fourth-order valence-corrected chi connectivity index (χ4v) is 1.77. The van der Waals surface area contributed by atoms with Crippen LogP contribution in [0.5, 0.6) is 5.75 Å². The molecule has 0 bridgehead atoms. The van der Waals surface area contributed by atoms with Crippen LogP contribution in [-0.2, 0) is 11.2 Å². The Morgan fingerprint density at radius 3 is 2.35 bits per heavy atom. The molecule has 0 aliphatic carbocycles. The largest absolute Gasteiger partial charge is 0.508 e. The highest BCUT2D eigenvalue weighted by Gasteiger charge is 2.15. The molecular weight excluding hydrogens is 254 g/mol. The Bertz CT molecular complexity index is 591. The Labute approximate surface area is 117 Å². The predicted molar refractivity (Wildman–Crippen MR) is 77.3 cm³/mol. The van der Waals surface area contributed by atoms with E-state index >= 15 is 0 Å². The second kappa shape index (κ2) is 6.52. The van der Waals surface area contributed by atoms with E-state index in [4.69, 9.17) is 0 Å². The summed E-state index contributed by atoms with van der Waals surface area (Å²) in [5, 5.41) is 18.4. The van der Waals surface area contributed by atoms with Crippen molar-refractivity contribution in [2.24, 2.45) is 4.99 Å². The van der Waals surface area contributed by atoms with Crippen LogP contribution in [0.15, 0.2) is 59.6 Å². The van der Waals surface area contributed by atoms with Crippen molar-refractivity contribution in [3.05, 3.63) is 65.7 Å². The van der Waals surface area contributed by atoms with E-state index < -0.39 is 12.0 Å². The van der Waals surface area contributed by atoms with Crippen molar-refractivity contribution in [1.82, 2.24) is 0 Å². The number of aliphatic imine (C=N–C) groups is 1. The molecule has 2 rings (SSSR count). The van der Waals surface area contributed by atoms with Crippen LogP contribution in [0.2, 0.25) is 0 Å². The average Bonchev–Trinajstić information content (AvgIpc) is 2.46. The fourth-order valence-electron chi connectivity index (χ4n) is 1.77. The second-order valence-corrected chi connectivity index (χ2v) is 4.41. The molecule has 2 aromatic carbocycles. The van der Waals surface area contributed by atoms with Gasteiger partial charge in [0, 0.05) is 12.6 Å². The number of aliphatic carboxylic acids is 1. The van der Waals surface area contributed by atoms with Gasteiger partial charge in [0.05, 0.1) is 0 Å². The lowest BCUT2D eigenvalue weighted by Gasteiger charge is -2.07. The van der Waals surface area contributed by atoms with Crippen molar-refractivity contribution >= 4 is 12.2 Å². The minimum absolute atomic E-state index is 0.161. The van der Waals surface area contributed by atoms with Gasteiger partial charge >= 0.3 is 5.97 Å². The first-order valence-corrected chi connectivity index (χ1v) is 6.24. The summed E-state index contributed by atoms with van der Waals surface area (Å²) in [6.07, 6.45) is 1.86. The second-order valence-electron chi connectivity index (χ2n) is 4.41. The third kappa shape index (κ3) is 3.95. The number of nitrogens with zero attached hydrogens (tertiary/aromatic N) is 1. The molecule has 0 aromatic heterocycles. The molecule has 20 heavy (non-hydrogen) atoms. The third-order valence-electron chi connectivity index (χ3n) is 2.85. The normalized spacial score (nSPS) is 12.4. The van der Waals surface area contributed by atoms with Crippen molar-refractivity contribution < 1.29 is 15.0 Å². The van der Waals surface area contributed by atoms with Gasteiger partial charge in [0.15, 0.2) is 6.04 Å². The van der Waals surface area contributed by atoms with Gasteiger partial charge in [0.2, 0.25) is 0 Å². The monoisotopic (exact) mass is 269 g/mol. The molecule has 0 amide bonds. The topological polar surface area (TPSA) is 69.9 Å². The van der Waals surface area contributed by atoms with Crippen LogP contribution in [0.3, 0.4) is 0 Å². The smallest absolute Gasteiger partial charge is 0.328 e. The van der Waals surface area contributed by atoms with E-state index in [1.165, 1.54) is 12.1 Å². The van der Waals surface area contributed by atoms with Crippen molar-refractivity contribution in [1.29, 1.82) is 0 Å². The maximum Gasteiger partial charge on any atom is 0.328 e. The van der Waals surface area contributed by atoms with Crippen molar-refractivity contribution in [2.45, 2.75) is 12.5 Å². The maximum atomic E-state index is 11.2. The Hall–Kier alpha value is -2.62. The van der Waals surface area contributed by atoms with E-state index in [0.717, 1.165) is 11.1 Å². The van der Waals surface area contributed by atoms with Gasteiger partial charge < -0.3 is 10.2 Å². The van der Waals surface area contributed by atoms with E-state index in [9.17, 15) is 15.0 Å². The molecule has 0 unspecified atom stereocenters. The number of phenols is 1. The first kappa shape index (κ1) is 13.8. The minimum Gasteiger partial charge on any atom is -0.508 e. The summed E-state index contributed by atoms with van der Waals surface area (Å²) in [5.41, 5.74) is 1.69. The zero-order valence-electron chi connectivity index (χ0n) is 10.8.